The van der Waals surface area contributed by atoms with Crippen molar-refractivity contribution in [2.75, 3.05) is 11.9 Å². The SMILES string of the molecule is CCNC(C)CC(=O)Nc1cccc(C)c1. The van der Waals surface area contributed by atoms with E-state index in [1.54, 1.807) is 0 Å². The molecule has 1 amide bonds. The number of anilines is 1. The summed E-state index contributed by atoms with van der Waals surface area (Å²) in [5.74, 6) is 0.0547. The minimum absolute atomic E-state index is 0.0547. The maximum atomic E-state index is 11.7. The molecular weight excluding hydrogens is 200 g/mol. The third-order valence-electron chi connectivity index (χ3n) is 2.35. The van der Waals surface area contributed by atoms with Crippen LogP contribution >= 0.6 is 0 Å². The Balaban J connectivity index is 2.45. The molecule has 0 radical (unpaired) electrons. The average molecular weight is 220 g/mol. The predicted molar refractivity (Wildman–Crippen MR) is 67.6 cm³/mol. The van der Waals surface area contributed by atoms with Gasteiger partial charge >= 0.3 is 0 Å². The average Bonchev–Trinajstić information content (AvgIpc) is 2.17. The van der Waals surface area contributed by atoms with Crippen LogP contribution in [-0.2, 0) is 4.79 Å². The molecule has 16 heavy (non-hydrogen) atoms. The zero-order chi connectivity index (χ0) is 12.0. The van der Waals surface area contributed by atoms with E-state index in [0.717, 1.165) is 17.8 Å². The summed E-state index contributed by atoms with van der Waals surface area (Å²) >= 11 is 0. The molecule has 3 nitrogen and oxygen atoms in total. The van der Waals surface area contributed by atoms with Crippen LogP contribution in [0.2, 0.25) is 0 Å². The summed E-state index contributed by atoms with van der Waals surface area (Å²) in [6.45, 7) is 6.95. The lowest BCUT2D eigenvalue weighted by atomic mass is 10.2. The Bertz CT molecular complexity index is 350. The molecule has 88 valence electrons. The Morgan fingerprint density at radius 3 is 2.81 bits per heavy atom. The van der Waals surface area contributed by atoms with Crippen LogP contribution in [0.1, 0.15) is 25.8 Å². The van der Waals surface area contributed by atoms with E-state index in [1.807, 2.05) is 45.0 Å². The largest absolute Gasteiger partial charge is 0.326 e. The van der Waals surface area contributed by atoms with Gasteiger partial charge in [0, 0.05) is 18.2 Å². The molecule has 3 heteroatoms. The van der Waals surface area contributed by atoms with Crippen LogP contribution in [0.4, 0.5) is 5.69 Å². The highest BCUT2D eigenvalue weighted by molar-refractivity contribution is 5.91. The molecule has 0 aromatic heterocycles. The van der Waals surface area contributed by atoms with Crippen molar-refractivity contribution in [3.8, 4) is 0 Å². The van der Waals surface area contributed by atoms with Crippen molar-refractivity contribution in [3.05, 3.63) is 29.8 Å². The van der Waals surface area contributed by atoms with Crippen LogP contribution in [0.5, 0.6) is 0 Å². The fraction of sp³-hybridized carbons (Fsp3) is 0.462. The number of benzene rings is 1. The number of rotatable bonds is 5. The summed E-state index contributed by atoms with van der Waals surface area (Å²) in [4.78, 5) is 11.7. The zero-order valence-electron chi connectivity index (χ0n) is 10.2. The molecule has 0 aliphatic heterocycles. The van der Waals surface area contributed by atoms with E-state index < -0.39 is 0 Å². The first-order chi connectivity index (χ1) is 7.61. The number of hydrogen-bond donors (Lipinski definition) is 2. The first kappa shape index (κ1) is 12.7. The fourth-order valence-electron chi connectivity index (χ4n) is 1.63. The first-order valence-corrected chi connectivity index (χ1v) is 5.71. The van der Waals surface area contributed by atoms with E-state index in [2.05, 4.69) is 10.6 Å². The molecule has 0 saturated carbocycles. The second kappa shape index (κ2) is 6.28. The second-order valence-corrected chi connectivity index (χ2v) is 4.08. The Hall–Kier alpha value is -1.35. The maximum Gasteiger partial charge on any atom is 0.225 e. The smallest absolute Gasteiger partial charge is 0.225 e. The highest BCUT2D eigenvalue weighted by Gasteiger charge is 2.07. The van der Waals surface area contributed by atoms with E-state index in [1.165, 1.54) is 0 Å². The fourth-order valence-corrected chi connectivity index (χ4v) is 1.63. The van der Waals surface area contributed by atoms with Gasteiger partial charge < -0.3 is 10.6 Å². The van der Waals surface area contributed by atoms with Gasteiger partial charge in [-0.2, -0.15) is 0 Å². The van der Waals surface area contributed by atoms with Gasteiger partial charge in [-0.25, -0.2) is 0 Å². The van der Waals surface area contributed by atoms with Crippen LogP contribution in [0.3, 0.4) is 0 Å². The minimum atomic E-state index is 0.0547. The Kier molecular flexibility index (Phi) is 4.99. The number of carbonyl (C=O) groups is 1. The van der Waals surface area contributed by atoms with E-state index in [9.17, 15) is 4.79 Å². The molecule has 0 saturated heterocycles. The molecule has 1 rings (SSSR count). The lowest BCUT2D eigenvalue weighted by molar-refractivity contribution is -0.116. The summed E-state index contributed by atoms with van der Waals surface area (Å²) in [5, 5.41) is 6.11. The van der Waals surface area contributed by atoms with Crippen LogP contribution in [0.25, 0.3) is 0 Å². The number of carbonyl (C=O) groups excluding carboxylic acids is 1. The normalized spacial score (nSPS) is 12.2. The molecular formula is C13H20N2O. The standard InChI is InChI=1S/C13H20N2O/c1-4-14-11(3)9-13(16)15-12-7-5-6-10(2)8-12/h5-8,11,14H,4,9H2,1-3H3,(H,15,16). The van der Waals surface area contributed by atoms with Crippen LogP contribution in [0.15, 0.2) is 24.3 Å². The monoisotopic (exact) mass is 220 g/mol. The van der Waals surface area contributed by atoms with Crippen molar-refractivity contribution in [3.63, 3.8) is 0 Å². The van der Waals surface area contributed by atoms with Gasteiger partial charge in [-0.3, -0.25) is 4.79 Å². The van der Waals surface area contributed by atoms with Crippen molar-refractivity contribution in [2.45, 2.75) is 33.2 Å². The molecule has 0 bridgehead atoms. The van der Waals surface area contributed by atoms with Gasteiger partial charge in [0.25, 0.3) is 0 Å². The third kappa shape index (κ3) is 4.45. The number of amides is 1. The highest BCUT2D eigenvalue weighted by atomic mass is 16.1. The molecule has 2 N–H and O–H groups in total. The summed E-state index contributed by atoms with van der Waals surface area (Å²) < 4.78 is 0. The molecule has 0 fully saturated rings. The van der Waals surface area contributed by atoms with Gasteiger partial charge in [-0.1, -0.05) is 19.1 Å². The van der Waals surface area contributed by atoms with Crippen molar-refractivity contribution in [2.24, 2.45) is 0 Å². The molecule has 0 aliphatic carbocycles. The molecule has 1 aromatic carbocycles. The Morgan fingerprint density at radius 2 is 2.19 bits per heavy atom. The Morgan fingerprint density at radius 1 is 1.44 bits per heavy atom. The van der Waals surface area contributed by atoms with Crippen molar-refractivity contribution >= 4 is 11.6 Å². The molecule has 1 unspecified atom stereocenters. The molecule has 0 spiro atoms. The second-order valence-electron chi connectivity index (χ2n) is 4.08. The van der Waals surface area contributed by atoms with Crippen molar-refractivity contribution < 1.29 is 4.79 Å². The summed E-state index contributed by atoms with van der Waals surface area (Å²) in [6, 6.07) is 8.05. The van der Waals surface area contributed by atoms with Gasteiger partial charge in [0.2, 0.25) is 5.91 Å². The van der Waals surface area contributed by atoms with E-state index >= 15 is 0 Å². The maximum absolute atomic E-state index is 11.7. The topological polar surface area (TPSA) is 41.1 Å². The van der Waals surface area contributed by atoms with Crippen LogP contribution in [0, 0.1) is 6.92 Å². The van der Waals surface area contributed by atoms with E-state index in [4.69, 9.17) is 0 Å². The minimum Gasteiger partial charge on any atom is -0.326 e. The van der Waals surface area contributed by atoms with E-state index in [-0.39, 0.29) is 11.9 Å². The van der Waals surface area contributed by atoms with Crippen LogP contribution in [-0.4, -0.2) is 18.5 Å². The zero-order valence-corrected chi connectivity index (χ0v) is 10.2. The van der Waals surface area contributed by atoms with Crippen molar-refractivity contribution in [1.29, 1.82) is 0 Å². The Labute approximate surface area is 97.2 Å². The van der Waals surface area contributed by atoms with Gasteiger partial charge in [0.15, 0.2) is 0 Å². The van der Waals surface area contributed by atoms with Gasteiger partial charge in [0.05, 0.1) is 0 Å². The number of hydrogen-bond acceptors (Lipinski definition) is 2. The van der Waals surface area contributed by atoms with Gasteiger partial charge in [-0.15, -0.1) is 0 Å². The molecule has 0 aliphatic rings. The lowest BCUT2D eigenvalue weighted by Gasteiger charge is -2.12. The summed E-state index contributed by atoms with van der Waals surface area (Å²) in [7, 11) is 0. The van der Waals surface area contributed by atoms with Crippen LogP contribution < -0.4 is 10.6 Å². The third-order valence-corrected chi connectivity index (χ3v) is 2.35. The molecule has 1 atom stereocenters. The highest BCUT2D eigenvalue weighted by Crippen LogP contribution is 2.10. The summed E-state index contributed by atoms with van der Waals surface area (Å²) in [6.07, 6.45) is 0.502. The van der Waals surface area contributed by atoms with E-state index in [0.29, 0.717) is 6.42 Å². The molecule has 1 aromatic rings. The first-order valence-electron chi connectivity index (χ1n) is 5.71. The predicted octanol–water partition coefficient (Wildman–Crippen LogP) is 2.32. The lowest BCUT2D eigenvalue weighted by Crippen LogP contribution is -2.30. The van der Waals surface area contributed by atoms with Gasteiger partial charge in [0.1, 0.15) is 0 Å². The van der Waals surface area contributed by atoms with Crippen molar-refractivity contribution in [1.82, 2.24) is 5.32 Å². The quantitative estimate of drug-likeness (QED) is 0.799. The van der Waals surface area contributed by atoms with Gasteiger partial charge in [-0.05, 0) is 38.1 Å². The number of aryl methyl sites for hydroxylation is 1. The number of nitrogens with one attached hydrogen (secondary N) is 2. The summed E-state index contributed by atoms with van der Waals surface area (Å²) in [5.41, 5.74) is 2.02. The molecule has 0 heterocycles.